The fourth-order valence-electron chi connectivity index (χ4n) is 3.72. The first kappa shape index (κ1) is 18.7. The Bertz CT molecular complexity index is 1130. The van der Waals surface area contributed by atoms with E-state index in [0.29, 0.717) is 29.6 Å². The van der Waals surface area contributed by atoms with Gasteiger partial charge < -0.3 is 20.3 Å². The number of aryl methyl sites for hydroxylation is 1. The summed E-state index contributed by atoms with van der Waals surface area (Å²) in [5, 5.41) is 16.6. The molecule has 1 atom stereocenters. The molecule has 1 aliphatic heterocycles. The molecule has 29 heavy (non-hydrogen) atoms. The first-order chi connectivity index (χ1) is 13.8. The maximum atomic E-state index is 12.8. The number of carboxylic acid groups (broad SMARTS) is 1. The van der Waals surface area contributed by atoms with E-state index < -0.39 is 11.9 Å². The highest BCUT2D eigenvalue weighted by atomic mass is 16.4. The van der Waals surface area contributed by atoms with Crippen LogP contribution in [0.1, 0.15) is 22.3 Å². The largest absolute Gasteiger partial charge is 0.481 e. The summed E-state index contributed by atoms with van der Waals surface area (Å²) in [5.41, 5.74) is 9.11. The summed E-state index contributed by atoms with van der Waals surface area (Å²) >= 11 is 0. The molecule has 2 heterocycles. The Labute approximate surface area is 167 Å². The van der Waals surface area contributed by atoms with Gasteiger partial charge in [-0.25, -0.2) is 4.98 Å². The number of fused-ring (bicyclic) bond motifs is 1. The second-order valence-corrected chi connectivity index (χ2v) is 7.26. The van der Waals surface area contributed by atoms with Crippen LogP contribution < -0.4 is 5.73 Å². The van der Waals surface area contributed by atoms with Crippen molar-refractivity contribution in [2.75, 3.05) is 13.1 Å². The summed E-state index contributed by atoms with van der Waals surface area (Å²) < 4.78 is 1.95. The van der Waals surface area contributed by atoms with Crippen LogP contribution in [0.5, 0.6) is 0 Å². The molecular formula is C21H21N5O3. The molecule has 8 heteroatoms. The fraction of sp³-hybridized carbons (Fsp3) is 0.238. The van der Waals surface area contributed by atoms with Gasteiger partial charge in [-0.1, -0.05) is 24.3 Å². The molecular weight excluding hydrogens is 370 g/mol. The van der Waals surface area contributed by atoms with E-state index in [2.05, 4.69) is 4.98 Å². The molecule has 1 fully saturated rings. The molecule has 1 aromatic heterocycles. The highest BCUT2D eigenvalue weighted by Crippen LogP contribution is 2.26. The van der Waals surface area contributed by atoms with Gasteiger partial charge in [0.2, 0.25) is 0 Å². The molecule has 1 saturated heterocycles. The number of imidazole rings is 1. The van der Waals surface area contributed by atoms with Gasteiger partial charge in [-0.15, -0.1) is 0 Å². The lowest BCUT2D eigenvalue weighted by Gasteiger charge is -2.15. The van der Waals surface area contributed by atoms with Gasteiger partial charge in [-0.05, 0) is 24.6 Å². The first-order valence-corrected chi connectivity index (χ1v) is 9.28. The Morgan fingerprint density at radius 3 is 2.48 bits per heavy atom. The van der Waals surface area contributed by atoms with Crippen molar-refractivity contribution < 1.29 is 14.7 Å². The summed E-state index contributed by atoms with van der Waals surface area (Å²) in [6, 6.07) is 12.6. The van der Waals surface area contributed by atoms with Crippen molar-refractivity contribution in [1.29, 1.82) is 5.41 Å². The summed E-state index contributed by atoms with van der Waals surface area (Å²) in [7, 11) is 1.91. The van der Waals surface area contributed by atoms with Crippen molar-refractivity contribution in [1.82, 2.24) is 14.5 Å². The number of amidine groups is 1. The lowest BCUT2D eigenvalue weighted by Crippen LogP contribution is -2.29. The molecule has 0 aliphatic carbocycles. The lowest BCUT2D eigenvalue weighted by atomic mass is 10.1. The van der Waals surface area contributed by atoms with Crippen molar-refractivity contribution in [3.05, 3.63) is 53.6 Å². The van der Waals surface area contributed by atoms with Crippen LogP contribution in [-0.2, 0) is 11.8 Å². The quantitative estimate of drug-likeness (QED) is 0.464. The lowest BCUT2D eigenvalue weighted by molar-refractivity contribution is -0.141. The maximum absolute atomic E-state index is 12.8. The fourth-order valence-corrected chi connectivity index (χ4v) is 3.72. The van der Waals surface area contributed by atoms with Gasteiger partial charge in [-0.3, -0.25) is 15.0 Å². The van der Waals surface area contributed by atoms with E-state index in [1.807, 2.05) is 29.8 Å². The third-order valence-electron chi connectivity index (χ3n) is 5.41. The molecule has 0 radical (unpaired) electrons. The van der Waals surface area contributed by atoms with Gasteiger partial charge >= 0.3 is 5.97 Å². The number of likely N-dealkylation sites (tertiary alicyclic amines) is 1. The van der Waals surface area contributed by atoms with Crippen LogP contribution in [0.25, 0.3) is 22.4 Å². The zero-order valence-corrected chi connectivity index (χ0v) is 15.9. The van der Waals surface area contributed by atoms with E-state index in [1.165, 1.54) is 0 Å². The molecule has 1 unspecified atom stereocenters. The van der Waals surface area contributed by atoms with E-state index in [-0.39, 0.29) is 18.3 Å². The molecule has 4 N–H and O–H groups in total. The molecule has 1 aliphatic rings. The van der Waals surface area contributed by atoms with E-state index >= 15 is 0 Å². The van der Waals surface area contributed by atoms with Crippen molar-refractivity contribution in [3.63, 3.8) is 0 Å². The molecule has 3 aromatic rings. The zero-order valence-electron chi connectivity index (χ0n) is 15.9. The third-order valence-corrected chi connectivity index (χ3v) is 5.41. The van der Waals surface area contributed by atoms with Crippen LogP contribution in [0, 0.1) is 11.3 Å². The van der Waals surface area contributed by atoms with Gasteiger partial charge in [0.05, 0.1) is 17.0 Å². The number of carboxylic acids is 1. The highest BCUT2D eigenvalue weighted by Gasteiger charge is 2.31. The average Bonchev–Trinajstić information content (AvgIpc) is 3.33. The van der Waals surface area contributed by atoms with Gasteiger partial charge in [-0.2, -0.15) is 0 Å². The number of aliphatic carboxylic acids is 1. The Balaban J connectivity index is 1.64. The van der Waals surface area contributed by atoms with Crippen molar-refractivity contribution >= 4 is 28.7 Å². The zero-order chi connectivity index (χ0) is 20.7. The summed E-state index contributed by atoms with van der Waals surface area (Å²) in [6.07, 6.45) is 0.479. The predicted octanol–water partition coefficient (Wildman–Crippen LogP) is 2.07. The van der Waals surface area contributed by atoms with E-state index in [9.17, 15) is 9.59 Å². The number of amides is 1. The van der Waals surface area contributed by atoms with Crippen LogP contribution in [0.4, 0.5) is 0 Å². The number of nitrogens with one attached hydrogen (secondary N) is 1. The van der Waals surface area contributed by atoms with Crippen molar-refractivity contribution in [2.24, 2.45) is 18.7 Å². The SMILES string of the molecule is Cn1c(-c2ccc(C(=N)N)cc2)nc2cc(C(=O)N3CCC(C(=O)O)C3)ccc21. The minimum absolute atomic E-state index is 0.0109. The molecule has 4 rings (SSSR count). The maximum Gasteiger partial charge on any atom is 0.308 e. The standard InChI is InChI=1S/C21H21N5O3/c1-25-17-7-6-14(20(27)26-9-8-15(11-26)21(28)29)10-16(17)24-19(25)13-4-2-12(3-5-13)18(22)23/h2-7,10,15H,8-9,11H2,1H3,(H3,22,23)(H,28,29). The van der Waals surface area contributed by atoms with Crippen molar-refractivity contribution in [3.8, 4) is 11.4 Å². The van der Waals surface area contributed by atoms with Crippen LogP contribution in [0.3, 0.4) is 0 Å². The first-order valence-electron chi connectivity index (χ1n) is 9.28. The number of nitrogens with two attached hydrogens (primary N) is 1. The normalized spacial score (nSPS) is 16.3. The minimum atomic E-state index is -0.860. The molecule has 0 saturated carbocycles. The van der Waals surface area contributed by atoms with Crippen molar-refractivity contribution in [2.45, 2.75) is 6.42 Å². The Kier molecular flexibility index (Phi) is 4.54. The second kappa shape index (κ2) is 7.05. The van der Waals surface area contributed by atoms with E-state index in [4.69, 9.17) is 16.2 Å². The molecule has 1 amide bonds. The average molecular weight is 391 g/mol. The minimum Gasteiger partial charge on any atom is -0.481 e. The topological polar surface area (TPSA) is 125 Å². The van der Waals surface area contributed by atoms with Crippen LogP contribution in [0.2, 0.25) is 0 Å². The Hall–Kier alpha value is -3.68. The number of benzene rings is 2. The Morgan fingerprint density at radius 2 is 1.86 bits per heavy atom. The monoisotopic (exact) mass is 391 g/mol. The van der Waals surface area contributed by atoms with Gasteiger partial charge in [0.15, 0.2) is 0 Å². The number of aromatic nitrogens is 2. The summed E-state index contributed by atoms with van der Waals surface area (Å²) in [5.74, 6) is -0.778. The van der Waals surface area contributed by atoms with E-state index in [1.54, 1.807) is 29.2 Å². The van der Waals surface area contributed by atoms with E-state index in [0.717, 1.165) is 16.9 Å². The van der Waals surface area contributed by atoms with Gasteiger partial charge in [0.1, 0.15) is 11.7 Å². The molecule has 0 bridgehead atoms. The second-order valence-electron chi connectivity index (χ2n) is 7.26. The smallest absolute Gasteiger partial charge is 0.308 e. The molecule has 0 spiro atoms. The molecule has 148 valence electrons. The molecule has 8 nitrogen and oxygen atoms in total. The molecule has 2 aromatic carbocycles. The summed E-state index contributed by atoms with van der Waals surface area (Å²) in [6.45, 7) is 0.686. The number of carbonyl (C=O) groups excluding carboxylic acids is 1. The highest BCUT2D eigenvalue weighted by molar-refractivity contribution is 5.98. The predicted molar refractivity (Wildman–Crippen MR) is 109 cm³/mol. The number of hydrogen-bond donors (Lipinski definition) is 3. The van der Waals surface area contributed by atoms with Crippen LogP contribution in [-0.4, -0.2) is 50.4 Å². The number of nitrogen functional groups attached to an aromatic ring is 1. The van der Waals surface area contributed by atoms with Gasteiger partial charge in [0.25, 0.3) is 5.91 Å². The number of nitrogens with zero attached hydrogens (tertiary/aromatic N) is 3. The third kappa shape index (κ3) is 3.33. The number of rotatable bonds is 4. The number of carbonyl (C=O) groups is 2. The van der Waals surface area contributed by atoms with Crippen LogP contribution >= 0.6 is 0 Å². The van der Waals surface area contributed by atoms with Gasteiger partial charge in [0, 0.05) is 36.8 Å². The number of hydrogen-bond acceptors (Lipinski definition) is 4. The summed E-state index contributed by atoms with van der Waals surface area (Å²) in [4.78, 5) is 30.2. The van der Waals surface area contributed by atoms with Crippen LogP contribution in [0.15, 0.2) is 42.5 Å². The Morgan fingerprint density at radius 1 is 1.17 bits per heavy atom.